The number of benzene rings is 1. The van der Waals surface area contributed by atoms with Gasteiger partial charge in [0.25, 0.3) is 0 Å². The van der Waals surface area contributed by atoms with E-state index in [1.165, 1.54) is 6.20 Å². The molecule has 0 saturated heterocycles. The molecule has 3 aromatic rings. The Hall–Kier alpha value is -2.48. The van der Waals surface area contributed by atoms with Crippen LogP contribution in [0, 0.1) is 13.8 Å². The van der Waals surface area contributed by atoms with Crippen LogP contribution in [0.15, 0.2) is 54.9 Å². The zero-order chi connectivity index (χ0) is 20.5. The van der Waals surface area contributed by atoms with Gasteiger partial charge in [0.2, 0.25) is 15.8 Å². The number of carbonyl (C=O) groups is 1. The SMILES string of the molecule is Cc1ccc(C(=O)c2ccc(CC(c3cccnc3)S(N)(=O)=O)n2C)c(C)c1.Cl. The smallest absolute Gasteiger partial charge is 0.216 e. The summed E-state index contributed by atoms with van der Waals surface area (Å²) < 4.78 is 26.1. The number of sulfonamides is 1. The summed E-state index contributed by atoms with van der Waals surface area (Å²) in [6, 6.07) is 12.6. The Morgan fingerprint density at radius 1 is 1.17 bits per heavy atom. The number of aryl methyl sites for hydroxylation is 2. The van der Waals surface area contributed by atoms with Crippen molar-refractivity contribution in [2.75, 3.05) is 0 Å². The van der Waals surface area contributed by atoms with Crippen molar-refractivity contribution in [3.63, 3.8) is 0 Å². The van der Waals surface area contributed by atoms with Crippen LogP contribution in [-0.2, 0) is 23.5 Å². The summed E-state index contributed by atoms with van der Waals surface area (Å²) in [5, 5.41) is 4.54. The molecule has 29 heavy (non-hydrogen) atoms. The maximum absolute atomic E-state index is 13.0. The largest absolute Gasteiger partial charge is 0.345 e. The molecule has 2 N–H and O–H groups in total. The molecule has 0 aliphatic heterocycles. The molecule has 1 aromatic carbocycles. The topological polar surface area (TPSA) is 95.1 Å². The van der Waals surface area contributed by atoms with Crippen molar-refractivity contribution in [2.24, 2.45) is 12.2 Å². The molecule has 6 nitrogen and oxygen atoms in total. The van der Waals surface area contributed by atoms with E-state index in [0.29, 0.717) is 22.5 Å². The van der Waals surface area contributed by atoms with Gasteiger partial charge in [-0.2, -0.15) is 0 Å². The van der Waals surface area contributed by atoms with Gasteiger partial charge in [-0.1, -0.05) is 29.8 Å². The number of hydrogen-bond acceptors (Lipinski definition) is 4. The number of pyridine rings is 1. The number of nitrogens with zero attached hydrogens (tertiary/aromatic N) is 2. The minimum atomic E-state index is -3.85. The van der Waals surface area contributed by atoms with Crippen molar-refractivity contribution in [3.05, 3.63) is 88.5 Å². The normalized spacial score (nSPS) is 12.3. The molecule has 1 unspecified atom stereocenters. The first-order chi connectivity index (χ1) is 13.2. The predicted octanol–water partition coefficient (Wildman–Crippen LogP) is 3.26. The molecule has 0 amide bonds. The Balaban J connectivity index is 0.00000300. The van der Waals surface area contributed by atoms with Crippen molar-refractivity contribution in [1.82, 2.24) is 9.55 Å². The first kappa shape index (κ1) is 22.8. The van der Waals surface area contributed by atoms with Gasteiger partial charge in [0.05, 0.1) is 5.69 Å². The van der Waals surface area contributed by atoms with Crippen molar-refractivity contribution < 1.29 is 13.2 Å². The summed E-state index contributed by atoms with van der Waals surface area (Å²) >= 11 is 0. The van der Waals surface area contributed by atoms with Gasteiger partial charge in [-0.05, 0) is 43.2 Å². The fraction of sp³-hybridized carbons (Fsp3) is 0.238. The maximum Gasteiger partial charge on any atom is 0.216 e. The van der Waals surface area contributed by atoms with E-state index in [4.69, 9.17) is 5.14 Å². The monoisotopic (exact) mass is 433 g/mol. The average Bonchev–Trinajstić information content (AvgIpc) is 2.99. The molecule has 154 valence electrons. The zero-order valence-corrected chi connectivity index (χ0v) is 18.1. The Kier molecular flexibility index (Phi) is 7.00. The van der Waals surface area contributed by atoms with E-state index < -0.39 is 15.3 Å². The predicted molar refractivity (Wildman–Crippen MR) is 116 cm³/mol. The minimum Gasteiger partial charge on any atom is -0.345 e. The second-order valence-electron chi connectivity index (χ2n) is 6.98. The number of primary sulfonamides is 1. The van der Waals surface area contributed by atoms with Crippen molar-refractivity contribution in [3.8, 4) is 0 Å². The van der Waals surface area contributed by atoms with E-state index in [1.54, 1.807) is 42.1 Å². The second kappa shape index (κ2) is 8.90. The number of rotatable bonds is 6. The van der Waals surface area contributed by atoms with E-state index in [2.05, 4.69) is 4.98 Å². The number of hydrogen-bond donors (Lipinski definition) is 1. The Labute approximate surface area is 177 Å². The van der Waals surface area contributed by atoms with Gasteiger partial charge in [0.15, 0.2) is 0 Å². The highest BCUT2D eigenvalue weighted by molar-refractivity contribution is 7.89. The minimum absolute atomic E-state index is 0. The average molecular weight is 434 g/mol. The van der Waals surface area contributed by atoms with Crippen LogP contribution in [0.1, 0.15) is 43.7 Å². The maximum atomic E-state index is 13.0. The summed E-state index contributed by atoms with van der Waals surface area (Å²) in [7, 11) is -2.09. The lowest BCUT2D eigenvalue weighted by atomic mass is 10.0. The van der Waals surface area contributed by atoms with Crippen LogP contribution >= 0.6 is 12.4 Å². The number of nitrogens with two attached hydrogens (primary N) is 1. The van der Waals surface area contributed by atoms with E-state index >= 15 is 0 Å². The number of carbonyl (C=O) groups excluding carboxylic acids is 1. The summed E-state index contributed by atoms with van der Waals surface area (Å²) in [6.45, 7) is 3.89. The van der Waals surface area contributed by atoms with Gasteiger partial charge >= 0.3 is 0 Å². The lowest BCUT2D eigenvalue weighted by Gasteiger charge is -2.16. The second-order valence-corrected chi connectivity index (χ2v) is 8.73. The van der Waals surface area contributed by atoms with Crippen molar-refractivity contribution in [1.29, 1.82) is 0 Å². The highest BCUT2D eigenvalue weighted by atomic mass is 35.5. The molecule has 0 fully saturated rings. The van der Waals surface area contributed by atoms with Gasteiger partial charge in [-0.3, -0.25) is 9.78 Å². The third-order valence-electron chi connectivity index (χ3n) is 4.93. The molecule has 1 atom stereocenters. The van der Waals surface area contributed by atoms with Gasteiger partial charge < -0.3 is 4.57 Å². The van der Waals surface area contributed by atoms with Crippen LogP contribution < -0.4 is 5.14 Å². The van der Waals surface area contributed by atoms with Gasteiger partial charge in [0, 0.05) is 37.1 Å². The van der Waals surface area contributed by atoms with Crippen LogP contribution in [0.5, 0.6) is 0 Å². The molecule has 0 aliphatic rings. The van der Waals surface area contributed by atoms with Crippen LogP contribution in [0.3, 0.4) is 0 Å². The third-order valence-corrected chi connectivity index (χ3v) is 6.16. The summed E-state index contributed by atoms with van der Waals surface area (Å²) in [6.07, 6.45) is 3.23. The highest BCUT2D eigenvalue weighted by Gasteiger charge is 2.26. The molecular formula is C21H24ClN3O3S. The number of ketones is 1. The first-order valence-electron chi connectivity index (χ1n) is 8.86. The summed E-state index contributed by atoms with van der Waals surface area (Å²) in [5.74, 6) is -0.0974. The molecule has 0 bridgehead atoms. The van der Waals surface area contributed by atoms with Crippen LogP contribution in [0.2, 0.25) is 0 Å². The number of aromatic nitrogens is 2. The standard InChI is InChI=1S/C21H23N3O3S.ClH/c1-14-6-8-18(15(2)11-14)21(25)19-9-7-17(24(19)3)12-20(28(22,26)27)16-5-4-10-23-13-16;/h4-11,13,20H,12H2,1-3H3,(H2,22,26,27);1H. The lowest BCUT2D eigenvalue weighted by molar-refractivity contribution is 0.103. The summed E-state index contributed by atoms with van der Waals surface area (Å²) in [4.78, 5) is 17.0. The molecule has 0 aliphatic carbocycles. The van der Waals surface area contributed by atoms with Crippen LogP contribution in [0.25, 0.3) is 0 Å². The van der Waals surface area contributed by atoms with Crippen molar-refractivity contribution >= 4 is 28.2 Å². The van der Waals surface area contributed by atoms with E-state index in [-0.39, 0.29) is 24.6 Å². The molecule has 2 aromatic heterocycles. The Bertz CT molecular complexity index is 1130. The zero-order valence-electron chi connectivity index (χ0n) is 16.5. The van der Waals surface area contributed by atoms with Gasteiger partial charge in [-0.15, -0.1) is 12.4 Å². The highest BCUT2D eigenvalue weighted by Crippen LogP contribution is 2.26. The van der Waals surface area contributed by atoms with E-state index in [9.17, 15) is 13.2 Å². The molecule has 0 radical (unpaired) electrons. The van der Waals surface area contributed by atoms with Crippen LogP contribution in [0.4, 0.5) is 0 Å². The molecule has 2 heterocycles. The van der Waals surface area contributed by atoms with Gasteiger partial charge in [-0.25, -0.2) is 13.6 Å². The fourth-order valence-electron chi connectivity index (χ4n) is 3.37. The lowest BCUT2D eigenvalue weighted by Crippen LogP contribution is -2.24. The third kappa shape index (κ3) is 4.93. The first-order valence-corrected chi connectivity index (χ1v) is 10.5. The van der Waals surface area contributed by atoms with Crippen molar-refractivity contribution in [2.45, 2.75) is 25.5 Å². The molecule has 8 heteroatoms. The number of halogens is 1. The Morgan fingerprint density at radius 3 is 2.48 bits per heavy atom. The fourth-order valence-corrected chi connectivity index (χ4v) is 4.29. The van der Waals surface area contributed by atoms with E-state index in [1.807, 2.05) is 32.0 Å². The Morgan fingerprint density at radius 2 is 1.90 bits per heavy atom. The molecule has 0 spiro atoms. The summed E-state index contributed by atoms with van der Waals surface area (Å²) in [5.41, 5.74) is 4.36. The van der Waals surface area contributed by atoms with Gasteiger partial charge in [0.1, 0.15) is 5.25 Å². The molecule has 0 saturated carbocycles. The van der Waals surface area contributed by atoms with E-state index in [0.717, 1.165) is 11.1 Å². The van der Waals surface area contributed by atoms with Crippen LogP contribution in [-0.4, -0.2) is 23.8 Å². The quantitative estimate of drug-likeness (QED) is 0.603. The molecule has 3 rings (SSSR count). The molecular weight excluding hydrogens is 410 g/mol.